The van der Waals surface area contributed by atoms with E-state index in [1.165, 1.54) is 12.8 Å². The van der Waals surface area contributed by atoms with E-state index in [9.17, 15) is 0 Å². The van der Waals surface area contributed by atoms with Gasteiger partial charge in [0.25, 0.3) is 0 Å². The molecule has 3 heteroatoms. The van der Waals surface area contributed by atoms with Crippen molar-refractivity contribution in [1.29, 1.82) is 0 Å². The second kappa shape index (κ2) is 4.05. The summed E-state index contributed by atoms with van der Waals surface area (Å²) in [5.41, 5.74) is 0. The number of alkyl halides is 1. The monoisotopic (exact) mass is 262 g/mol. The standard InChI is InChI=1S/C10H12BrClO/c11-9-4-5-13-10(9)7-2-1-3-8(12)6-7/h4-5,7-8H,1-3,6H2. The predicted molar refractivity (Wildman–Crippen MR) is 57.3 cm³/mol. The maximum absolute atomic E-state index is 6.12. The predicted octanol–water partition coefficient (Wildman–Crippen LogP) is 4.31. The molecule has 0 spiro atoms. The zero-order valence-corrected chi connectivity index (χ0v) is 9.64. The average Bonchev–Trinajstić information content (AvgIpc) is 2.51. The third kappa shape index (κ3) is 2.10. The Labute approximate surface area is 91.6 Å². The Morgan fingerprint density at radius 2 is 2.31 bits per heavy atom. The van der Waals surface area contributed by atoms with Gasteiger partial charge in [-0.1, -0.05) is 6.42 Å². The van der Waals surface area contributed by atoms with Crippen LogP contribution in [0.15, 0.2) is 21.2 Å². The van der Waals surface area contributed by atoms with Crippen molar-refractivity contribution in [3.8, 4) is 0 Å². The highest BCUT2D eigenvalue weighted by Gasteiger charge is 2.25. The zero-order valence-electron chi connectivity index (χ0n) is 7.30. The van der Waals surface area contributed by atoms with Gasteiger partial charge in [-0.2, -0.15) is 0 Å². The van der Waals surface area contributed by atoms with Crippen molar-refractivity contribution in [2.24, 2.45) is 0 Å². The highest BCUT2D eigenvalue weighted by atomic mass is 79.9. The van der Waals surface area contributed by atoms with Gasteiger partial charge in [-0.15, -0.1) is 11.6 Å². The molecule has 0 amide bonds. The Kier molecular flexibility index (Phi) is 2.99. The number of hydrogen-bond acceptors (Lipinski definition) is 1. The van der Waals surface area contributed by atoms with Gasteiger partial charge in [0, 0.05) is 11.3 Å². The molecule has 0 radical (unpaired) electrons. The van der Waals surface area contributed by atoms with E-state index in [-0.39, 0.29) is 0 Å². The van der Waals surface area contributed by atoms with Crippen LogP contribution < -0.4 is 0 Å². The molecule has 2 rings (SSSR count). The molecule has 1 heterocycles. The van der Waals surface area contributed by atoms with Crippen LogP contribution in [0.5, 0.6) is 0 Å². The van der Waals surface area contributed by atoms with Gasteiger partial charge in [0.05, 0.1) is 10.7 Å². The van der Waals surface area contributed by atoms with Gasteiger partial charge in [0.1, 0.15) is 5.76 Å². The number of halogens is 2. The van der Waals surface area contributed by atoms with Crippen LogP contribution in [-0.2, 0) is 0 Å². The van der Waals surface area contributed by atoms with Gasteiger partial charge in [0.15, 0.2) is 0 Å². The minimum absolute atomic E-state index is 0.329. The molecule has 1 nitrogen and oxygen atoms in total. The Balaban J connectivity index is 2.12. The maximum Gasteiger partial charge on any atom is 0.121 e. The first-order chi connectivity index (χ1) is 6.27. The molecule has 2 unspecified atom stereocenters. The molecule has 2 atom stereocenters. The fraction of sp³-hybridized carbons (Fsp3) is 0.600. The van der Waals surface area contributed by atoms with E-state index in [2.05, 4.69) is 15.9 Å². The summed E-state index contributed by atoms with van der Waals surface area (Å²) < 4.78 is 6.53. The van der Waals surface area contributed by atoms with Crippen molar-refractivity contribution in [3.05, 3.63) is 22.6 Å². The number of rotatable bonds is 1. The van der Waals surface area contributed by atoms with Gasteiger partial charge in [-0.05, 0) is 41.3 Å². The lowest BCUT2D eigenvalue weighted by Crippen LogP contribution is -2.13. The van der Waals surface area contributed by atoms with Crippen LogP contribution in [0, 0.1) is 0 Å². The van der Waals surface area contributed by atoms with E-state index in [1.54, 1.807) is 6.26 Å². The molecule has 0 N–H and O–H groups in total. The first-order valence-electron chi connectivity index (χ1n) is 4.64. The summed E-state index contributed by atoms with van der Waals surface area (Å²) in [5, 5.41) is 0.329. The first-order valence-corrected chi connectivity index (χ1v) is 5.87. The summed E-state index contributed by atoms with van der Waals surface area (Å²) in [6.07, 6.45) is 6.35. The summed E-state index contributed by atoms with van der Waals surface area (Å²) >= 11 is 9.61. The highest BCUT2D eigenvalue weighted by molar-refractivity contribution is 9.10. The number of furan rings is 1. The van der Waals surface area contributed by atoms with Crippen LogP contribution in [-0.4, -0.2) is 5.38 Å². The molecule has 1 aromatic rings. The Hall–Kier alpha value is 0.0500. The van der Waals surface area contributed by atoms with Crippen LogP contribution in [0.25, 0.3) is 0 Å². The second-order valence-electron chi connectivity index (χ2n) is 3.59. The van der Waals surface area contributed by atoms with E-state index < -0.39 is 0 Å². The Morgan fingerprint density at radius 3 is 2.92 bits per heavy atom. The van der Waals surface area contributed by atoms with E-state index >= 15 is 0 Å². The fourth-order valence-corrected chi connectivity index (χ4v) is 2.86. The van der Waals surface area contributed by atoms with Gasteiger partial charge in [-0.25, -0.2) is 0 Å². The van der Waals surface area contributed by atoms with E-state index in [1.807, 2.05) is 6.07 Å². The molecule has 1 aliphatic rings. The Morgan fingerprint density at radius 1 is 1.46 bits per heavy atom. The summed E-state index contributed by atoms with van der Waals surface area (Å²) in [5.74, 6) is 1.59. The molecule has 0 saturated heterocycles. The molecular weight excluding hydrogens is 251 g/mol. The van der Waals surface area contributed by atoms with Crippen LogP contribution in [0.4, 0.5) is 0 Å². The van der Waals surface area contributed by atoms with Crippen LogP contribution in [0.3, 0.4) is 0 Å². The molecule has 13 heavy (non-hydrogen) atoms. The number of hydrogen-bond donors (Lipinski definition) is 0. The van der Waals surface area contributed by atoms with E-state index in [4.69, 9.17) is 16.0 Å². The summed E-state index contributed by atoms with van der Waals surface area (Å²) in [4.78, 5) is 0. The van der Waals surface area contributed by atoms with Crippen LogP contribution in [0.1, 0.15) is 37.4 Å². The molecule has 1 aliphatic carbocycles. The molecular formula is C10H12BrClO. The van der Waals surface area contributed by atoms with Crippen molar-refractivity contribution in [2.75, 3.05) is 0 Å². The summed E-state index contributed by atoms with van der Waals surface area (Å²) in [6, 6.07) is 1.95. The zero-order chi connectivity index (χ0) is 9.26. The van der Waals surface area contributed by atoms with Gasteiger partial charge in [-0.3, -0.25) is 0 Å². The third-order valence-electron chi connectivity index (χ3n) is 2.63. The van der Waals surface area contributed by atoms with Crippen molar-refractivity contribution in [2.45, 2.75) is 37.0 Å². The highest BCUT2D eigenvalue weighted by Crippen LogP contribution is 2.38. The lowest BCUT2D eigenvalue weighted by Gasteiger charge is -2.23. The lowest BCUT2D eigenvalue weighted by molar-refractivity contribution is 0.376. The van der Waals surface area contributed by atoms with Gasteiger partial charge in [0.2, 0.25) is 0 Å². The van der Waals surface area contributed by atoms with E-state index in [0.29, 0.717) is 11.3 Å². The normalized spacial score (nSPS) is 29.1. The Bertz CT molecular complexity index is 284. The molecule has 0 aliphatic heterocycles. The van der Waals surface area contributed by atoms with Crippen molar-refractivity contribution >= 4 is 27.5 Å². The molecule has 72 valence electrons. The summed E-state index contributed by atoms with van der Waals surface area (Å²) in [7, 11) is 0. The first kappa shape index (κ1) is 9.60. The maximum atomic E-state index is 6.12. The quantitative estimate of drug-likeness (QED) is 0.688. The second-order valence-corrected chi connectivity index (χ2v) is 5.07. The van der Waals surface area contributed by atoms with Gasteiger partial charge >= 0.3 is 0 Å². The molecule has 0 aromatic carbocycles. The van der Waals surface area contributed by atoms with Gasteiger partial charge < -0.3 is 4.42 Å². The minimum atomic E-state index is 0.329. The smallest absolute Gasteiger partial charge is 0.121 e. The van der Waals surface area contributed by atoms with Crippen LogP contribution in [0.2, 0.25) is 0 Å². The molecule has 1 fully saturated rings. The molecule has 1 saturated carbocycles. The fourth-order valence-electron chi connectivity index (χ4n) is 1.97. The molecule has 0 bridgehead atoms. The topological polar surface area (TPSA) is 13.1 Å². The third-order valence-corrected chi connectivity index (χ3v) is 3.68. The molecule has 1 aromatic heterocycles. The van der Waals surface area contributed by atoms with Crippen molar-refractivity contribution in [1.82, 2.24) is 0 Å². The lowest BCUT2D eigenvalue weighted by atomic mass is 9.87. The summed E-state index contributed by atoms with van der Waals surface area (Å²) in [6.45, 7) is 0. The SMILES string of the molecule is ClC1CCCC(c2occc2Br)C1. The van der Waals surface area contributed by atoms with Crippen molar-refractivity contribution in [3.63, 3.8) is 0 Å². The average molecular weight is 264 g/mol. The van der Waals surface area contributed by atoms with E-state index in [0.717, 1.165) is 23.1 Å². The minimum Gasteiger partial charge on any atom is -0.468 e. The van der Waals surface area contributed by atoms with Crippen LogP contribution >= 0.6 is 27.5 Å². The largest absolute Gasteiger partial charge is 0.468 e. The van der Waals surface area contributed by atoms with Crippen molar-refractivity contribution < 1.29 is 4.42 Å².